The number of benzene rings is 2. The molecule has 6 heteroatoms. The molecule has 2 aromatic rings. The minimum absolute atomic E-state index is 0.154. The van der Waals surface area contributed by atoms with Crippen LogP contribution in [0, 0.1) is 0 Å². The van der Waals surface area contributed by atoms with Crippen LogP contribution < -0.4 is 5.32 Å². The van der Waals surface area contributed by atoms with Gasteiger partial charge >= 0.3 is 0 Å². The van der Waals surface area contributed by atoms with E-state index in [-0.39, 0.29) is 5.78 Å². The highest BCUT2D eigenvalue weighted by molar-refractivity contribution is 7.99. The topological polar surface area (TPSA) is 38.3 Å². The molecule has 134 valence electrons. The third-order valence-corrected chi connectivity index (χ3v) is 5.01. The van der Waals surface area contributed by atoms with Gasteiger partial charge in [-0.1, -0.05) is 54.2 Å². The Morgan fingerprint density at radius 3 is 2.54 bits per heavy atom. The number of carbonyl (C=O) groups is 1. The molecule has 1 aliphatic heterocycles. The molecule has 1 fully saturated rings. The maximum Gasteiger partial charge on any atom is 0.288 e. The van der Waals surface area contributed by atoms with Gasteiger partial charge < -0.3 is 10.1 Å². The number of ether oxygens (including phenoxy) is 1. The molecule has 4 rings (SSSR count). The van der Waals surface area contributed by atoms with Gasteiger partial charge in [-0.25, -0.2) is 0 Å². The van der Waals surface area contributed by atoms with E-state index in [1.165, 1.54) is 0 Å². The van der Waals surface area contributed by atoms with Crippen LogP contribution in [0.25, 0.3) is 5.57 Å². The first-order valence-electron chi connectivity index (χ1n) is 8.43. The fourth-order valence-electron chi connectivity index (χ4n) is 2.94. The first kappa shape index (κ1) is 17.1. The van der Waals surface area contributed by atoms with Crippen molar-refractivity contribution in [3.8, 4) is 0 Å². The molecule has 0 radical (unpaired) electrons. The summed E-state index contributed by atoms with van der Waals surface area (Å²) in [6.07, 6.45) is 1.36. The van der Waals surface area contributed by atoms with Crippen molar-refractivity contribution in [3.05, 3.63) is 71.6 Å². The van der Waals surface area contributed by atoms with E-state index in [2.05, 4.69) is 5.32 Å². The molecular formula is C20H17F2NO2S. The lowest BCUT2D eigenvalue weighted by atomic mass is 9.97. The van der Waals surface area contributed by atoms with E-state index in [0.29, 0.717) is 39.7 Å². The minimum atomic E-state index is -2.50. The number of hydrogen-bond donors (Lipinski definition) is 1. The number of carbonyl (C=O) groups excluding carboxylic acids is 1. The molecule has 0 bridgehead atoms. The number of halogens is 2. The summed E-state index contributed by atoms with van der Waals surface area (Å²) < 4.78 is 31.3. The van der Waals surface area contributed by atoms with E-state index in [4.69, 9.17) is 4.74 Å². The van der Waals surface area contributed by atoms with Crippen molar-refractivity contribution in [2.45, 2.75) is 35.6 Å². The minimum Gasteiger partial charge on any atom is -0.462 e. The van der Waals surface area contributed by atoms with Crippen LogP contribution >= 0.6 is 11.8 Å². The number of hydrogen-bond acceptors (Lipinski definition) is 4. The van der Waals surface area contributed by atoms with E-state index < -0.39 is 11.9 Å². The Kier molecular flexibility index (Phi) is 4.68. The highest BCUT2D eigenvalue weighted by Gasteiger charge is 2.39. The summed E-state index contributed by atoms with van der Waals surface area (Å²) in [6.45, 7) is 0. The summed E-state index contributed by atoms with van der Waals surface area (Å²) in [5.41, 5.74) is 1.81. The van der Waals surface area contributed by atoms with Crippen molar-refractivity contribution in [1.29, 1.82) is 0 Å². The Hall–Kier alpha value is -2.34. The molecule has 1 atom stereocenters. The predicted octanol–water partition coefficient (Wildman–Crippen LogP) is 4.76. The normalized spacial score (nSPS) is 19.8. The molecule has 1 aliphatic carbocycles. The highest BCUT2D eigenvalue weighted by atomic mass is 32.2. The van der Waals surface area contributed by atoms with E-state index in [1.807, 2.05) is 30.3 Å². The third kappa shape index (κ3) is 3.60. The second kappa shape index (κ2) is 7.11. The van der Waals surface area contributed by atoms with Gasteiger partial charge in [-0.05, 0) is 30.5 Å². The van der Waals surface area contributed by atoms with Gasteiger partial charge in [-0.3, -0.25) is 4.79 Å². The molecular weight excluding hydrogens is 356 g/mol. The zero-order chi connectivity index (χ0) is 18.1. The number of Topliss-reactive ketones (excluding diaryl/α,β-unsaturated/α-hetero) is 1. The summed E-state index contributed by atoms with van der Waals surface area (Å²) >= 11 is 0.469. The zero-order valence-electron chi connectivity index (χ0n) is 13.8. The number of alkyl halides is 2. The monoisotopic (exact) mass is 373 g/mol. The van der Waals surface area contributed by atoms with Crippen molar-refractivity contribution in [2.75, 3.05) is 0 Å². The van der Waals surface area contributed by atoms with E-state index in [1.54, 1.807) is 24.3 Å². The van der Waals surface area contributed by atoms with Gasteiger partial charge in [0.2, 0.25) is 5.78 Å². The Morgan fingerprint density at radius 1 is 1.08 bits per heavy atom. The van der Waals surface area contributed by atoms with Crippen LogP contribution in [0.2, 0.25) is 0 Å². The van der Waals surface area contributed by atoms with Crippen molar-refractivity contribution in [1.82, 2.24) is 5.32 Å². The predicted molar refractivity (Wildman–Crippen MR) is 96.7 cm³/mol. The lowest BCUT2D eigenvalue weighted by Crippen LogP contribution is -2.17. The van der Waals surface area contributed by atoms with Crippen LogP contribution in [0.15, 0.2) is 65.4 Å². The number of rotatable bonds is 6. The van der Waals surface area contributed by atoms with Crippen LogP contribution in [-0.4, -0.2) is 17.6 Å². The van der Waals surface area contributed by atoms with Gasteiger partial charge in [0, 0.05) is 16.5 Å². The first-order valence-corrected chi connectivity index (χ1v) is 9.31. The summed E-state index contributed by atoms with van der Waals surface area (Å²) in [4.78, 5) is 13.5. The summed E-state index contributed by atoms with van der Waals surface area (Å²) in [5, 5.41) is 3.27. The van der Waals surface area contributed by atoms with E-state index in [0.717, 1.165) is 18.4 Å². The van der Waals surface area contributed by atoms with Crippen molar-refractivity contribution >= 4 is 23.1 Å². The van der Waals surface area contributed by atoms with E-state index >= 15 is 0 Å². The Bertz CT molecular complexity index is 850. The maximum atomic E-state index is 13.1. The fourth-order valence-corrected chi connectivity index (χ4v) is 3.50. The number of thioether (sulfide) groups is 1. The van der Waals surface area contributed by atoms with Crippen LogP contribution in [0.4, 0.5) is 8.78 Å². The second-order valence-electron chi connectivity index (χ2n) is 6.30. The van der Waals surface area contributed by atoms with Crippen LogP contribution in [0.5, 0.6) is 0 Å². The second-order valence-corrected chi connectivity index (χ2v) is 7.37. The Labute approximate surface area is 154 Å². The van der Waals surface area contributed by atoms with E-state index in [9.17, 15) is 13.6 Å². The lowest BCUT2D eigenvalue weighted by molar-refractivity contribution is -0.120. The van der Waals surface area contributed by atoms with Crippen LogP contribution in [-0.2, 0) is 9.53 Å². The van der Waals surface area contributed by atoms with Gasteiger partial charge in [0.05, 0.1) is 5.57 Å². The molecule has 1 N–H and O–H groups in total. The van der Waals surface area contributed by atoms with Gasteiger partial charge in [0.25, 0.3) is 5.76 Å². The first-order chi connectivity index (χ1) is 12.6. The zero-order valence-corrected chi connectivity index (χ0v) is 14.6. The molecule has 0 spiro atoms. The van der Waals surface area contributed by atoms with Crippen molar-refractivity contribution < 1.29 is 18.3 Å². The van der Waals surface area contributed by atoms with Gasteiger partial charge in [-0.2, -0.15) is 8.78 Å². The van der Waals surface area contributed by atoms with Crippen molar-refractivity contribution in [2.24, 2.45) is 0 Å². The Balaban J connectivity index is 1.69. The van der Waals surface area contributed by atoms with Crippen molar-refractivity contribution in [3.63, 3.8) is 0 Å². The van der Waals surface area contributed by atoms with Crippen LogP contribution in [0.3, 0.4) is 0 Å². The maximum absolute atomic E-state index is 13.1. The summed E-state index contributed by atoms with van der Waals surface area (Å²) in [6, 6.07) is 16.3. The average molecular weight is 373 g/mol. The van der Waals surface area contributed by atoms with Crippen LogP contribution in [0.1, 0.15) is 30.1 Å². The number of nitrogens with one attached hydrogen (secondary N) is 1. The Morgan fingerprint density at radius 2 is 1.85 bits per heavy atom. The molecule has 0 amide bonds. The fraction of sp³-hybridized carbons (Fsp3) is 0.250. The molecule has 1 unspecified atom stereocenters. The smallest absolute Gasteiger partial charge is 0.288 e. The van der Waals surface area contributed by atoms with Gasteiger partial charge in [0.1, 0.15) is 0 Å². The molecule has 0 aromatic heterocycles. The molecule has 1 heterocycles. The summed E-state index contributed by atoms with van der Waals surface area (Å²) in [7, 11) is 0. The molecule has 2 aromatic carbocycles. The highest BCUT2D eigenvalue weighted by Crippen LogP contribution is 2.39. The largest absolute Gasteiger partial charge is 0.462 e. The molecule has 1 saturated carbocycles. The molecule has 3 nitrogen and oxygen atoms in total. The average Bonchev–Trinajstić information content (AvgIpc) is 3.38. The number of ketones is 1. The standard InChI is InChI=1S/C20H17F2NO2S/c21-20(22)26-15-8-4-7-13(11-15)16-17(24)18(12-5-2-1-3-6-12)25-19(16)23-14-9-10-14/h1-8,11,14,18,20,23H,9-10H2. The molecule has 2 aliphatic rings. The third-order valence-electron chi connectivity index (χ3n) is 4.31. The molecule has 26 heavy (non-hydrogen) atoms. The quantitative estimate of drug-likeness (QED) is 0.741. The lowest BCUT2D eigenvalue weighted by Gasteiger charge is -2.12. The molecule has 0 saturated heterocycles. The SMILES string of the molecule is O=C1C(c2cccc(SC(F)F)c2)=C(NC2CC2)OC1c1ccccc1. The van der Waals surface area contributed by atoms with Gasteiger partial charge in [-0.15, -0.1) is 0 Å². The summed E-state index contributed by atoms with van der Waals surface area (Å²) in [5.74, 6) is -2.21. The van der Waals surface area contributed by atoms with Gasteiger partial charge in [0.15, 0.2) is 12.0 Å².